The van der Waals surface area contributed by atoms with Crippen molar-refractivity contribution < 1.29 is 4.39 Å². The average molecular weight is 265 g/mol. The monoisotopic (exact) mass is 265 g/mol. The van der Waals surface area contributed by atoms with Gasteiger partial charge in [0.05, 0.1) is 29.8 Å². The molecule has 2 aromatic rings. The van der Waals surface area contributed by atoms with Gasteiger partial charge in [-0.15, -0.1) is 0 Å². The maximum absolute atomic E-state index is 14.1. The number of halogens is 1. The van der Waals surface area contributed by atoms with Crippen molar-refractivity contribution in [2.24, 2.45) is 0 Å². The molecule has 0 aliphatic carbocycles. The van der Waals surface area contributed by atoms with Crippen LogP contribution >= 0.6 is 0 Å². The van der Waals surface area contributed by atoms with E-state index in [4.69, 9.17) is 10.5 Å². The van der Waals surface area contributed by atoms with E-state index in [9.17, 15) is 4.39 Å². The first-order valence-corrected chi connectivity index (χ1v) is 6.15. The molecule has 0 fully saturated rings. The minimum Gasteiger partial charge on any atom is -0.338 e. The average Bonchev–Trinajstić information content (AvgIpc) is 2.50. The van der Waals surface area contributed by atoms with Crippen LogP contribution in [0.5, 0.6) is 0 Å². The molecule has 20 heavy (non-hydrogen) atoms. The molecule has 0 bridgehead atoms. The van der Waals surface area contributed by atoms with E-state index in [0.717, 1.165) is 5.69 Å². The molecule has 0 atom stereocenters. The summed E-state index contributed by atoms with van der Waals surface area (Å²) in [5.41, 5.74) is 1.45. The van der Waals surface area contributed by atoms with Gasteiger partial charge in [-0.1, -0.05) is 18.2 Å². The first-order chi connectivity index (χ1) is 9.76. The third-order valence-corrected chi connectivity index (χ3v) is 2.88. The summed E-state index contributed by atoms with van der Waals surface area (Å²) in [4.78, 5) is 1.74. The number of rotatable bonds is 4. The van der Waals surface area contributed by atoms with Gasteiger partial charge < -0.3 is 4.90 Å². The summed E-state index contributed by atoms with van der Waals surface area (Å²) >= 11 is 0. The first kappa shape index (κ1) is 13.6. The molecule has 0 aliphatic rings. The predicted molar refractivity (Wildman–Crippen MR) is 74.8 cm³/mol. The van der Waals surface area contributed by atoms with Crippen LogP contribution in [0.1, 0.15) is 12.0 Å². The summed E-state index contributed by atoms with van der Waals surface area (Å²) in [6.07, 6.45) is 0.286. The molecule has 0 aliphatic heterocycles. The fraction of sp³-hybridized carbons (Fsp3) is 0.125. The van der Waals surface area contributed by atoms with Crippen LogP contribution in [0.25, 0.3) is 0 Å². The fourth-order valence-electron chi connectivity index (χ4n) is 1.95. The summed E-state index contributed by atoms with van der Waals surface area (Å²) in [6, 6.07) is 17.6. The number of nitriles is 2. The predicted octanol–water partition coefficient (Wildman–Crippen LogP) is 3.75. The van der Waals surface area contributed by atoms with Crippen molar-refractivity contribution in [1.82, 2.24) is 0 Å². The van der Waals surface area contributed by atoms with Gasteiger partial charge in [-0.3, -0.25) is 0 Å². The largest absolute Gasteiger partial charge is 0.338 e. The van der Waals surface area contributed by atoms with Crippen LogP contribution in [0.3, 0.4) is 0 Å². The minimum atomic E-state index is -0.467. The summed E-state index contributed by atoms with van der Waals surface area (Å²) in [5, 5.41) is 17.5. The number of anilines is 2. The second kappa shape index (κ2) is 6.36. The maximum atomic E-state index is 14.1. The molecule has 2 rings (SSSR count). The van der Waals surface area contributed by atoms with Gasteiger partial charge in [0.15, 0.2) is 0 Å². The van der Waals surface area contributed by atoms with Gasteiger partial charge in [0, 0.05) is 12.2 Å². The van der Waals surface area contributed by atoms with E-state index in [1.54, 1.807) is 17.0 Å². The lowest BCUT2D eigenvalue weighted by molar-refractivity contribution is 0.624. The molecule has 0 spiro atoms. The van der Waals surface area contributed by atoms with E-state index in [0.29, 0.717) is 12.2 Å². The zero-order valence-electron chi connectivity index (χ0n) is 10.8. The lowest BCUT2D eigenvalue weighted by atomic mass is 10.1. The van der Waals surface area contributed by atoms with Crippen LogP contribution in [0.4, 0.5) is 15.8 Å². The molecular weight excluding hydrogens is 253 g/mol. The lowest BCUT2D eigenvalue weighted by Crippen LogP contribution is -2.19. The van der Waals surface area contributed by atoms with Crippen LogP contribution < -0.4 is 4.90 Å². The number of hydrogen-bond acceptors (Lipinski definition) is 3. The Morgan fingerprint density at radius 1 is 1.05 bits per heavy atom. The van der Waals surface area contributed by atoms with Crippen molar-refractivity contribution >= 4 is 11.4 Å². The van der Waals surface area contributed by atoms with Crippen LogP contribution in [-0.2, 0) is 0 Å². The van der Waals surface area contributed by atoms with E-state index in [2.05, 4.69) is 6.07 Å². The molecule has 0 unspecified atom stereocenters. The molecule has 4 heteroatoms. The van der Waals surface area contributed by atoms with Gasteiger partial charge >= 0.3 is 0 Å². The van der Waals surface area contributed by atoms with Gasteiger partial charge in [-0.25, -0.2) is 4.39 Å². The van der Waals surface area contributed by atoms with Crippen LogP contribution in [0.15, 0.2) is 48.5 Å². The number of nitrogens with zero attached hydrogens (tertiary/aromatic N) is 3. The highest BCUT2D eigenvalue weighted by Crippen LogP contribution is 2.28. The quantitative estimate of drug-likeness (QED) is 0.846. The van der Waals surface area contributed by atoms with E-state index in [-0.39, 0.29) is 12.0 Å². The highest BCUT2D eigenvalue weighted by atomic mass is 19.1. The normalized spacial score (nSPS) is 9.55. The van der Waals surface area contributed by atoms with Gasteiger partial charge in [-0.2, -0.15) is 10.5 Å². The molecule has 0 amide bonds. The Bertz CT molecular complexity index is 668. The standard InChI is InChI=1S/C16H12FN3/c17-15-11-13(12-19)7-8-16(15)20(10-4-9-18)14-5-2-1-3-6-14/h1-3,5-8,11H,4,10H2. The van der Waals surface area contributed by atoms with Crippen molar-refractivity contribution in [1.29, 1.82) is 10.5 Å². The molecule has 0 radical (unpaired) electrons. The van der Waals surface area contributed by atoms with Gasteiger partial charge in [-0.05, 0) is 30.3 Å². The van der Waals surface area contributed by atoms with Gasteiger partial charge in [0.1, 0.15) is 5.82 Å². The van der Waals surface area contributed by atoms with Crippen molar-refractivity contribution in [3.05, 3.63) is 59.9 Å². The second-order valence-electron chi connectivity index (χ2n) is 4.17. The Morgan fingerprint density at radius 3 is 2.40 bits per heavy atom. The third-order valence-electron chi connectivity index (χ3n) is 2.88. The van der Waals surface area contributed by atoms with Crippen molar-refractivity contribution in [2.45, 2.75) is 6.42 Å². The summed E-state index contributed by atoms with van der Waals surface area (Å²) < 4.78 is 14.1. The molecule has 0 N–H and O–H groups in total. The van der Waals surface area contributed by atoms with Crippen LogP contribution in [0.2, 0.25) is 0 Å². The van der Waals surface area contributed by atoms with E-state index in [1.165, 1.54) is 6.07 Å². The first-order valence-electron chi connectivity index (χ1n) is 6.15. The van der Waals surface area contributed by atoms with Crippen molar-refractivity contribution in [2.75, 3.05) is 11.4 Å². The maximum Gasteiger partial charge on any atom is 0.148 e. The molecule has 3 nitrogen and oxygen atoms in total. The summed E-state index contributed by atoms with van der Waals surface area (Å²) in [5.74, 6) is -0.467. The van der Waals surface area contributed by atoms with Crippen molar-refractivity contribution in [3.8, 4) is 12.1 Å². The number of para-hydroxylation sites is 1. The number of benzene rings is 2. The van der Waals surface area contributed by atoms with Crippen molar-refractivity contribution in [3.63, 3.8) is 0 Å². The highest BCUT2D eigenvalue weighted by Gasteiger charge is 2.13. The highest BCUT2D eigenvalue weighted by molar-refractivity contribution is 5.64. The zero-order chi connectivity index (χ0) is 14.4. The zero-order valence-corrected chi connectivity index (χ0v) is 10.8. The summed E-state index contributed by atoms with van der Waals surface area (Å²) in [7, 11) is 0. The Balaban J connectivity index is 2.42. The molecule has 0 saturated heterocycles. The molecule has 0 heterocycles. The van der Waals surface area contributed by atoms with Crippen LogP contribution in [-0.4, -0.2) is 6.54 Å². The Kier molecular flexibility index (Phi) is 4.32. The Hall–Kier alpha value is -2.85. The molecule has 0 saturated carbocycles. The van der Waals surface area contributed by atoms with E-state index in [1.807, 2.05) is 36.4 Å². The van der Waals surface area contributed by atoms with Gasteiger partial charge in [0.25, 0.3) is 0 Å². The Labute approximate surface area is 117 Å². The van der Waals surface area contributed by atoms with Crippen LogP contribution in [0, 0.1) is 28.5 Å². The molecular formula is C16H12FN3. The third kappa shape index (κ3) is 2.93. The van der Waals surface area contributed by atoms with E-state index < -0.39 is 5.82 Å². The van der Waals surface area contributed by atoms with Gasteiger partial charge in [0.2, 0.25) is 0 Å². The summed E-state index contributed by atoms with van der Waals surface area (Å²) in [6.45, 7) is 0.392. The molecule has 2 aromatic carbocycles. The smallest absolute Gasteiger partial charge is 0.148 e. The van der Waals surface area contributed by atoms with E-state index >= 15 is 0 Å². The molecule has 98 valence electrons. The SMILES string of the molecule is N#CCCN(c1ccccc1)c1ccc(C#N)cc1F. The second-order valence-corrected chi connectivity index (χ2v) is 4.17. The Morgan fingerprint density at radius 2 is 1.80 bits per heavy atom. The number of hydrogen-bond donors (Lipinski definition) is 0. The lowest BCUT2D eigenvalue weighted by Gasteiger charge is -2.24. The fourth-order valence-corrected chi connectivity index (χ4v) is 1.95. The molecule has 0 aromatic heterocycles. The topological polar surface area (TPSA) is 50.8 Å². The minimum absolute atomic E-state index is 0.277.